The lowest BCUT2D eigenvalue weighted by atomic mass is 10.1. The number of nitrogens with zero attached hydrogens (tertiary/aromatic N) is 3. The highest BCUT2D eigenvalue weighted by Crippen LogP contribution is 2.24. The van der Waals surface area contributed by atoms with E-state index >= 15 is 0 Å². The van der Waals surface area contributed by atoms with Crippen molar-refractivity contribution in [3.63, 3.8) is 0 Å². The van der Waals surface area contributed by atoms with Gasteiger partial charge in [0.15, 0.2) is 0 Å². The van der Waals surface area contributed by atoms with Gasteiger partial charge in [-0.15, -0.1) is 11.8 Å². The second-order valence-corrected chi connectivity index (χ2v) is 7.66. The zero-order valence-electron chi connectivity index (χ0n) is 15.6. The van der Waals surface area contributed by atoms with Crippen LogP contribution in [0.4, 0.5) is 6.01 Å². The summed E-state index contributed by atoms with van der Waals surface area (Å²) in [6, 6.07) is 18.7. The van der Waals surface area contributed by atoms with Crippen LogP contribution in [-0.2, 0) is 5.75 Å². The summed E-state index contributed by atoms with van der Waals surface area (Å²) in [6.45, 7) is 0. The minimum Gasteiger partial charge on any atom is -0.313 e. The van der Waals surface area contributed by atoms with Gasteiger partial charge in [0, 0.05) is 39.2 Å². The predicted molar refractivity (Wildman–Crippen MR) is 116 cm³/mol. The standard InChI is InChI=1S/C21H16ClN5O2S/c22-17-5-7-18(8-6-17)30-13-14-1-3-16(4-2-14)20(28)25-26-21-24-19(27-29-21)15-9-11-23-12-10-15/h1-12H,13H2,(H,25,28)(H,24,26,27). The Kier molecular flexibility index (Phi) is 6.26. The first-order chi connectivity index (χ1) is 14.7. The quantitative estimate of drug-likeness (QED) is 0.316. The van der Waals surface area contributed by atoms with Crippen LogP contribution < -0.4 is 10.9 Å². The van der Waals surface area contributed by atoms with Crippen molar-refractivity contribution in [2.45, 2.75) is 10.6 Å². The molecular weight excluding hydrogens is 422 g/mol. The predicted octanol–water partition coefficient (Wildman–Crippen LogP) is 4.83. The largest absolute Gasteiger partial charge is 0.340 e. The normalized spacial score (nSPS) is 10.6. The van der Waals surface area contributed by atoms with Crippen molar-refractivity contribution >= 4 is 35.3 Å². The molecule has 2 aromatic heterocycles. The molecule has 0 aliphatic heterocycles. The number of thioether (sulfide) groups is 1. The average Bonchev–Trinajstić information content (AvgIpc) is 3.27. The van der Waals surface area contributed by atoms with Gasteiger partial charge in [-0.1, -0.05) is 28.9 Å². The van der Waals surface area contributed by atoms with Gasteiger partial charge in [-0.05, 0) is 54.1 Å². The summed E-state index contributed by atoms with van der Waals surface area (Å²) in [6.07, 6.45) is 3.27. The lowest BCUT2D eigenvalue weighted by Gasteiger charge is -2.06. The molecule has 30 heavy (non-hydrogen) atoms. The van der Waals surface area contributed by atoms with Crippen LogP contribution in [-0.4, -0.2) is 21.0 Å². The summed E-state index contributed by atoms with van der Waals surface area (Å²) in [5.74, 6) is 0.883. The summed E-state index contributed by atoms with van der Waals surface area (Å²) in [5.41, 5.74) is 7.56. The highest BCUT2D eigenvalue weighted by molar-refractivity contribution is 7.98. The first-order valence-corrected chi connectivity index (χ1v) is 10.3. The van der Waals surface area contributed by atoms with Crippen molar-refractivity contribution in [2.75, 3.05) is 5.43 Å². The number of nitrogens with one attached hydrogen (secondary N) is 2. The number of amides is 1. The molecule has 0 atom stereocenters. The fraction of sp³-hybridized carbons (Fsp3) is 0.0476. The number of rotatable bonds is 7. The number of hydrazine groups is 1. The van der Waals surface area contributed by atoms with Crippen LogP contribution in [0.5, 0.6) is 0 Å². The summed E-state index contributed by atoms with van der Waals surface area (Å²) >= 11 is 7.60. The number of pyridine rings is 1. The lowest BCUT2D eigenvalue weighted by molar-refractivity contribution is 0.0961. The Bertz CT molecular complexity index is 1120. The Hall–Kier alpha value is -3.36. The number of hydrogen-bond donors (Lipinski definition) is 2. The lowest BCUT2D eigenvalue weighted by Crippen LogP contribution is -2.29. The van der Waals surface area contributed by atoms with Gasteiger partial charge in [0.25, 0.3) is 5.91 Å². The van der Waals surface area contributed by atoms with Crippen LogP contribution in [0.3, 0.4) is 0 Å². The molecule has 4 aromatic rings. The molecular formula is C21H16ClN5O2S. The molecule has 2 N–H and O–H groups in total. The SMILES string of the molecule is O=C(NNc1nc(-c2ccncc2)no1)c1ccc(CSc2ccc(Cl)cc2)cc1. The summed E-state index contributed by atoms with van der Waals surface area (Å²) in [4.78, 5) is 21.6. The van der Waals surface area contributed by atoms with Crippen molar-refractivity contribution in [3.8, 4) is 11.4 Å². The Morgan fingerprint density at radius 2 is 1.73 bits per heavy atom. The van der Waals surface area contributed by atoms with Crippen LogP contribution in [0.2, 0.25) is 5.02 Å². The number of aromatic nitrogens is 3. The molecule has 0 fully saturated rings. The van der Waals surface area contributed by atoms with Crippen LogP contribution in [0, 0.1) is 0 Å². The highest BCUT2D eigenvalue weighted by Gasteiger charge is 2.10. The third-order valence-electron chi connectivity index (χ3n) is 4.08. The van der Waals surface area contributed by atoms with Crippen LogP contribution in [0.1, 0.15) is 15.9 Å². The van der Waals surface area contributed by atoms with Crippen LogP contribution in [0.25, 0.3) is 11.4 Å². The molecule has 0 saturated heterocycles. The van der Waals surface area contributed by atoms with E-state index < -0.39 is 0 Å². The van der Waals surface area contributed by atoms with Gasteiger partial charge in [0.2, 0.25) is 5.82 Å². The Morgan fingerprint density at radius 3 is 2.47 bits per heavy atom. The van der Waals surface area contributed by atoms with E-state index in [4.69, 9.17) is 16.1 Å². The fourth-order valence-corrected chi connectivity index (χ4v) is 3.51. The average molecular weight is 438 g/mol. The Morgan fingerprint density at radius 1 is 1.00 bits per heavy atom. The van der Waals surface area contributed by atoms with Gasteiger partial charge in [-0.25, -0.2) is 5.43 Å². The fourth-order valence-electron chi connectivity index (χ4n) is 2.52. The maximum atomic E-state index is 12.3. The molecule has 150 valence electrons. The minimum absolute atomic E-state index is 0.0890. The van der Waals surface area contributed by atoms with E-state index in [-0.39, 0.29) is 11.9 Å². The van der Waals surface area contributed by atoms with Crippen molar-refractivity contribution in [1.29, 1.82) is 0 Å². The van der Waals surface area contributed by atoms with Crippen molar-refractivity contribution in [2.24, 2.45) is 0 Å². The topological polar surface area (TPSA) is 92.9 Å². The summed E-state index contributed by atoms with van der Waals surface area (Å²) in [7, 11) is 0. The van der Waals surface area contributed by atoms with Crippen molar-refractivity contribution in [3.05, 3.63) is 89.2 Å². The number of anilines is 1. The zero-order chi connectivity index (χ0) is 20.8. The monoisotopic (exact) mass is 437 g/mol. The van der Waals surface area contributed by atoms with Gasteiger partial charge >= 0.3 is 6.01 Å². The van der Waals surface area contributed by atoms with Crippen LogP contribution in [0.15, 0.2) is 82.5 Å². The van der Waals surface area contributed by atoms with E-state index in [2.05, 4.69) is 26.0 Å². The van der Waals surface area contributed by atoms with Crippen LogP contribution >= 0.6 is 23.4 Å². The van der Waals surface area contributed by atoms with Gasteiger partial charge in [-0.2, -0.15) is 4.98 Å². The Labute approximate surface area is 181 Å². The molecule has 0 aliphatic rings. The van der Waals surface area contributed by atoms with E-state index in [1.165, 1.54) is 0 Å². The summed E-state index contributed by atoms with van der Waals surface area (Å²) in [5, 5.41) is 4.58. The number of hydrogen-bond acceptors (Lipinski definition) is 7. The molecule has 4 rings (SSSR count). The zero-order valence-corrected chi connectivity index (χ0v) is 17.2. The molecule has 2 heterocycles. The van der Waals surface area contributed by atoms with E-state index in [1.807, 2.05) is 36.4 Å². The van der Waals surface area contributed by atoms with Gasteiger partial charge in [-0.3, -0.25) is 15.2 Å². The molecule has 0 spiro atoms. The maximum Gasteiger partial charge on any atom is 0.340 e. The van der Waals surface area contributed by atoms with Gasteiger partial charge in [0.1, 0.15) is 0 Å². The molecule has 0 radical (unpaired) electrons. The highest BCUT2D eigenvalue weighted by atomic mass is 35.5. The van der Waals surface area contributed by atoms with E-state index in [0.29, 0.717) is 11.4 Å². The molecule has 0 unspecified atom stereocenters. The Balaban J connectivity index is 1.29. The molecule has 9 heteroatoms. The maximum absolute atomic E-state index is 12.3. The second kappa shape index (κ2) is 9.43. The van der Waals surface area contributed by atoms with E-state index in [0.717, 1.165) is 26.8 Å². The minimum atomic E-state index is -0.310. The van der Waals surface area contributed by atoms with E-state index in [9.17, 15) is 4.79 Å². The second-order valence-electron chi connectivity index (χ2n) is 6.18. The first kappa shape index (κ1) is 19.9. The third kappa shape index (κ3) is 5.16. The van der Waals surface area contributed by atoms with Crippen molar-refractivity contribution in [1.82, 2.24) is 20.6 Å². The van der Waals surface area contributed by atoms with E-state index in [1.54, 1.807) is 48.4 Å². The number of benzene rings is 2. The molecule has 0 aliphatic carbocycles. The molecule has 7 nitrogen and oxygen atoms in total. The smallest absolute Gasteiger partial charge is 0.313 e. The summed E-state index contributed by atoms with van der Waals surface area (Å²) < 4.78 is 5.09. The number of carbonyl (C=O) groups is 1. The molecule has 0 saturated carbocycles. The number of halogens is 1. The number of carbonyl (C=O) groups excluding carboxylic acids is 1. The van der Waals surface area contributed by atoms with Gasteiger partial charge < -0.3 is 4.52 Å². The third-order valence-corrected chi connectivity index (χ3v) is 5.42. The van der Waals surface area contributed by atoms with Crippen molar-refractivity contribution < 1.29 is 9.32 Å². The molecule has 2 aromatic carbocycles. The van der Waals surface area contributed by atoms with Gasteiger partial charge in [0.05, 0.1) is 0 Å². The first-order valence-electron chi connectivity index (χ1n) is 8.95. The molecule has 0 bridgehead atoms. The molecule has 1 amide bonds.